The first kappa shape index (κ1) is 22.3. The Bertz CT molecular complexity index is 1160. The number of para-hydroxylation sites is 2. The molecule has 2 aliphatic rings. The summed E-state index contributed by atoms with van der Waals surface area (Å²) in [6, 6.07) is 23.3. The first-order valence-electron chi connectivity index (χ1n) is 10.7. The molecule has 0 aromatic heterocycles. The van der Waals surface area contributed by atoms with E-state index in [1.54, 1.807) is 11.8 Å². The van der Waals surface area contributed by atoms with Crippen LogP contribution in [0.25, 0.3) is 0 Å². The maximum absolute atomic E-state index is 12.8. The van der Waals surface area contributed by atoms with Crippen molar-refractivity contribution >= 4 is 62.6 Å². The number of β-lactam (4-membered cyclic amide) rings is 1. The van der Waals surface area contributed by atoms with Crippen molar-refractivity contribution in [3.63, 3.8) is 0 Å². The molecule has 5 nitrogen and oxygen atoms in total. The monoisotopic (exact) mass is 541 g/mol. The third kappa shape index (κ3) is 4.25. The lowest BCUT2D eigenvalue weighted by molar-refractivity contribution is -0.140. The zero-order chi connectivity index (χ0) is 22.9. The molecule has 2 atom stereocenters. The molecule has 2 aliphatic heterocycles. The highest BCUT2D eigenvalue weighted by atomic mass is 79.9. The number of nitrogens with one attached hydrogen (secondary N) is 1. The molecule has 2 unspecified atom stereocenters. The maximum atomic E-state index is 12.8. The summed E-state index contributed by atoms with van der Waals surface area (Å²) < 4.78 is 0.929. The van der Waals surface area contributed by atoms with Gasteiger partial charge in [-0.2, -0.15) is 0 Å². The largest absolute Gasteiger partial charge is 0.340 e. The van der Waals surface area contributed by atoms with Gasteiger partial charge in [-0.05, 0) is 48.4 Å². The first-order chi connectivity index (χ1) is 16.0. The Labute approximate surface area is 210 Å². The molecule has 1 fully saturated rings. The van der Waals surface area contributed by atoms with Crippen LogP contribution >= 0.6 is 39.3 Å². The number of rotatable bonds is 5. The molecule has 1 N–H and O–H groups in total. The van der Waals surface area contributed by atoms with Gasteiger partial charge in [-0.15, -0.1) is 11.6 Å². The molecular weight excluding hydrogens is 522 g/mol. The number of anilines is 2. The minimum absolute atomic E-state index is 0.363. The Morgan fingerprint density at radius 3 is 2.21 bits per heavy atom. The first-order valence-corrected chi connectivity index (χ1v) is 12.7. The minimum Gasteiger partial charge on any atom is -0.340 e. The number of halogens is 2. The maximum Gasteiger partial charge on any atom is 0.324 e. The summed E-state index contributed by atoms with van der Waals surface area (Å²) in [6.07, 6.45) is 0.731. The van der Waals surface area contributed by atoms with Gasteiger partial charge in [-0.25, -0.2) is 4.79 Å². The number of alkyl halides is 1. The van der Waals surface area contributed by atoms with Gasteiger partial charge in [0.05, 0.1) is 17.4 Å². The number of urea groups is 1. The smallest absolute Gasteiger partial charge is 0.324 e. The molecule has 8 heteroatoms. The van der Waals surface area contributed by atoms with Crippen LogP contribution in [-0.4, -0.2) is 35.3 Å². The highest BCUT2D eigenvalue weighted by Gasteiger charge is 2.50. The zero-order valence-corrected chi connectivity index (χ0v) is 20.7. The molecule has 0 radical (unpaired) electrons. The van der Waals surface area contributed by atoms with Gasteiger partial charge in [-0.3, -0.25) is 9.69 Å². The fourth-order valence-corrected chi connectivity index (χ4v) is 5.92. The van der Waals surface area contributed by atoms with Crippen molar-refractivity contribution in [2.45, 2.75) is 27.6 Å². The molecular formula is C25H21BrClN3O2S. The van der Waals surface area contributed by atoms with Crippen LogP contribution in [0.4, 0.5) is 16.2 Å². The van der Waals surface area contributed by atoms with Gasteiger partial charge >= 0.3 is 6.03 Å². The second kappa shape index (κ2) is 9.41. The molecule has 0 bridgehead atoms. The highest BCUT2D eigenvalue weighted by Crippen LogP contribution is 2.47. The van der Waals surface area contributed by atoms with Crippen molar-refractivity contribution in [3.05, 3.63) is 82.8 Å². The quantitative estimate of drug-likeness (QED) is 0.232. The Kier molecular flexibility index (Phi) is 6.36. The molecule has 3 aromatic rings. The van der Waals surface area contributed by atoms with E-state index in [9.17, 15) is 9.59 Å². The molecule has 5 rings (SSSR count). The molecule has 0 spiro atoms. The molecule has 1 saturated heterocycles. The number of hydrogen-bond donors (Lipinski definition) is 1. The number of imide groups is 1. The minimum atomic E-state index is -0.726. The summed E-state index contributed by atoms with van der Waals surface area (Å²) in [5.74, 6) is -0.363. The Balaban J connectivity index is 1.22. The van der Waals surface area contributed by atoms with E-state index in [0.717, 1.165) is 23.0 Å². The summed E-state index contributed by atoms with van der Waals surface area (Å²) in [4.78, 5) is 31.1. The summed E-state index contributed by atoms with van der Waals surface area (Å²) >= 11 is 11.4. The fourth-order valence-electron chi connectivity index (χ4n) is 4.20. The lowest BCUT2D eigenvalue weighted by atomic mass is 9.94. The van der Waals surface area contributed by atoms with E-state index >= 15 is 0 Å². The molecule has 168 valence electrons. The number of likely N-dealkylation sites (tertiary alicyclic amines) is 1. The van der Waals surface area contributed by atoms with Crippen molar-refractivity contribution in [2.24, 2.45) is 0 Å². The topological polar surface area (TPSA) is 52.7 Å². The number of fused-ring (bicyclic) bond motifs is 2. The molecule has 0 saturated carbocycles. The van der Waals surface area contributed by atoms with Crippen LogP contribution in [0.1, 0.15) is 18.0 Å². The van der Waals surface area contributed by atoms with Gasteiger partial charge in [0.1, 0.15) is 5.38 Å². The normalized spacial score (nSPS) is 18.9. The van der Waals surface area contributed by atoms with Crippen LogP contribution in [0.2, 0.25) is 0 Å². The van der Waals surface area contributed by atoms with Gasteiger partial charge in [-0.1, -0.05) is 64.1 Å². The van der Waals surface area contributed by atoms with E-state index in [1.807, 2.05) is 48.5 Å². The van der Waals surface area contributed by atoms with Crippen LogP contribution in [0.15, 0.2) is 87.1 Å². The van der Waals surface area contributed by atoms with E-state index in [4.69, 9.17) is 11.6 Å². The summed E-state index contributed by atoms with van der Waals surface area (Å²) in [7, 11) is 0. The van der Waals surface area contributed by atoms with Crippen molar-refractivity contribution < 1.29 is 9.59 Å². The molecule has 3 amide bonds. The van der Waals surface area contributed by atoms with E-state index in [-0.39, 0.29) is 5.91 Å². The second-order valence-corrected chi connectivity index (χ2v) is 10.4. The van der Waals surface area contributed by atoms with Gasteiger partial charge in [0.15, 0.2) is 0 Å². The average molecular weight is 543 g/mol. The third-order valence-electron chi connectivity index (χ3n) is 5.83. The number of amides is 3. The van der Waals surface area contributed by atoms with Crippen LogP contribution in [0.5, 0.6) is 0 Å². The van der Waals surface area contributed by atoms with Gasteiger partial charge < -0.3 is 10.2 Å². The molecule has 33 heavy (non-hydrogen) atoms. The number of carbonyl (C=O) groups is 2. The Hall–Kier alpha value is -2.48. The van der Waals surface area contributed by atoms with Crippen molar-refractivity contribution in [2.75, 3.05) is 18.0 Å². The lowest BCUT2D eigenvalue weighted by Gasteiger charge is -2.42. The van der Waals surface area contributed by atoms with Crippen LogP contribution in [-0.2, 0) is 4.79 Å². The lowest BCUT2D eigenvalue weighted by Crippen LogP contribution is -2.61. The number of nitrogens with zero attached hydrogens (tertiary/aromatic N) is 2. The molecule has 3 aromatic carbocycles. The van der Waals surface area contributed by atoms with Crippen molar-refractivity contribution in [1.82, 2.24) is 10.2 Å². The molecule has 2 heterocycles. The van der Waals surface area contributed by atoms with Crippen molar-refractivity contribution in [3.8, 4) is 0 Å². The number of carbonyl (C=O) groups excluding carboxylic acids is 2. The summed E-state index contributed by atoms with van der Waals surface area (Å²) in [5.41, 5.74) is 3.18. The number of hydrogen-bond acceptors (Lipinski definition) is 4. The highest BCUT2D eigenvalue weighted by molar-refractivity contribution is 9.10. The summed E-state index contributed by atoms with van der Waals surface area (Å²) in [6.45, 7) is 1.20. The second-order valence-electron chi connectivity index (χ2n) is 7.88. The van der Waals surface area contributed by atoms with E-state index < -0.39 is 17.5 Å². The molecule has 0 aliphatic carbocycles. The predicted octanol–water partition coefficient (Wildman–Crippen LogP) is 6.34. The zero-order valence-electron chi connectivity index (χ0n) is 17.6. The fraction of sp³-hybridized carbons (Fsp3) is 0.200. The van der Waals surface area contributed by atoms with E-state index in [0.29, 0.717) is 6.54 Å². The standard InChI is InChI=1S/C25H21BrClN3O2S/c26-17-12-10-16(11-13-17)23-22(27)24(31)30(23)25(32)28-14-5-15-29-18-6-1-3-8-20(18)33-21-9-4-2-7-19(21)29/h1-4,6-13,22-23H,5,14-15H2,(H,28,32). The van der Waals surface area contributed by atoms with E-state index in [1.165, 1.54) is 26.1 Å². The van der Waals surface area contributed by atoms with Crippen LogP contribution in [0.3, 0.4) is 0 Å². The van der Waals surface area contributed by atoms with Gasteiger partial charge in [0, 0.05) is 27.4 Å². The predicted molar refractivity (Wildman–Crippen MR) is 135 cm³/mol. The third-order valence-corrected chi connectivity index (χ3v) is 7.91. The van der Waals surface area contributed by atoms with Gasteiger partial charge in [0.25, 0.3) is 5.91 Å². The Morgan fingerprint density at radius 1 is 0.970 bits per heavy atom. The van der Waals surface area contributed by atoms with Gasteiger partial charge in [0.2, 0.25) is 0 Å². The summed E-state index contributed by atoms with van der Waals surface area (Å²) in [5, 5.41) is 2.17. The van der Waals surface area contributed by atoms with Crippen LogP contribution in [0, 0.1) is 0 Å². The van der Waals surface area contributed by atoms with Crippen molar-refractivity contribution in [1.29, 1.82) is 0 Å². The Morgan fingerprint density at radius 2 is 1.58 bits per heavy atom. The average Bonchev–Trinajstić information content (AvgIpc) is 2.84. The SMILES string of the molecule is O=C(NCCCN1c2ccccc2Sc2ccccc21)N1C(=O)C(Cl)C1c1ccc(Br)cc1. The van der Waals surface area contributed by atoms with Crippen LogP contribution < -0.4 is 10.2 Å². The number of benzene rings is 3. The van der Waals surface area contributed by atoms with E-state index in [2.05, 4.69) is 50.4 Å².